The Morgan fingerprint density at radius 3 is 2.82 bits per heavy atom. The van der Waals surface area contributed by atoms with Crippen molar-refractivity contribution in [3.05, 3.63) is 28.0 Å². The van der Waals surface area contributed by atoms with E-state index >= 15 is 0 Å². The summed E-state index contributed by atoms with van der Waals surface area (Å²) in [6, 6.07) is 2.41. The molecule has 1 saturated carbocycles. The number of aliphatic hydroxyl groups is 1. The summed E-state index contributed by atoms with van der Waals surface area (Å²) in [4.78, 5) is 21.2. The van der Waals surface area contributed by atoms with E-state index in [0.717, 1.165) is 6.07 Å². The zero-order chi connectivity index (χ0) is 12.4. The van der Waals surface area contributed by atoms with Gasteiger partial charge >= 0.3 is 5.88 Å². The number of carbonyl (C=O) groups excluding carboxylic acids is 1. The number of hydrogen-bond acceptors (Lipinski definition) is 5. The van der Waals surface area contributed by atoms with E-state index in [2.05, 4.69) is 5.32 Å². The second-order valence-electron chi connectivity index (χ2n) is 4.10. The molecule has 0 unspecified atom stereocenters. The number of hydrogen-bond donors (Lipinski definition) is 2. The van der Waals surface area contributed by atoms with Crippen molar-refractivity contribution in [3.8, 4) is 0 Å². The van der Waals surface area contributed by atoms with Crippen LogP contribution in [0.3, 0.4) is 0 Å². The van der Waals surface area contributed by atoms with Gasteiger partial charge in [-0.3, -0.25) is 14.9 Å². The van der Waals surface area contributed by atoms with Gasteiger partial charge in [0.05, 0.1) is 12.2 Å². The van der Waals surface area contributed by atoms with Crippen molar-refractivity contribution < 1.29 is 19.2 Å². The van der Waals surface area contributed by atoms with Gasteiger partial charge in [0.25, 0.3) is 5.91 Å². The summed E-state index contributed by atoms with van der Waals surface area (Å²) in [7, 11) is 0. The molecule has 7 nitrogen and oxygen atoms in total. The Balaban J connectivity index is 1.84. The Morgan fingerprint density at radius 1 is 1.59 bits per heavy atom. The number of amides is 1. The van der Waals surface area contributed by atoms with Crippen molar-refractivity contribution in [1.82, 2.24) is 5.32 Å². The van der Waals surface area contributed by atoms with Crippen molar-refractivity contribution in [2.24, 2.45) is 5.92 Å². The Morgan fingerprint density at radius 2 is 2.29 bits per heavy atom. The first kappa shape index (κ1) is 11.6. The van der Waals surface area contributed by atoms with Crippen LogP contribution < -0.4 is 5.32 Å². The van der Waals surface area contributed by atoms with Crippen molar-refractivity contribution in [1.29, 1.82) is 0 Å². The first-order valence-electron chi connectivity index (χ1n) is 5.26. The van der Waals surface area contributed by atoms with Crippen LogP contribution in [0.15, 0.2) is 16.5 Å². The highest BCUT2D eigenvalue weighted by atomic mass is 16.6. The Kier molecular flexibility index (Phi) is 3.10. The van der Waals surface area contributed by atoms with Crippen molar-refractivity contribution in [2.75, 3.05) is 6.54 Å². The number of rotatable bonds is 4. The van der Waals surface area contributed by atoms with Crippen LogP contribution >= 0.6 is 0 Å². The zero-order valence-electron chi connectivity index (χ0n) is 8.96. The number of furan rings is 1. The maximum Gasteiger partial charge on any atom is 0.433 e. The van der Waals surface area contributed by atoms with Crippen LogP contribution in [0.2, 0.25) is 0 Å². The van der Waals surface area contributed by atoms with Gasteiger partial charge in [-0.1, -0.05) is 0 Å². The molecule has 1 heterocycles. The van der Waals surface area contributed by atoms with Crippen molar-refractivity contribution in [2.45, 2.75) is 18.9 Å². The minimum absolute atomic E-state index is 0.0726. The first-order valence-corrected chi connectivity index (χ1v) is 5.26. The molecule has 1 fully saturated rings. The second-order valence-corrected chi connectivity index (χ2v) is 4.10. The van der Waals surface area contributed by atoms with Crippen LogP contribution in [-0.2, 0) is 0 Å². The molecule has 0 saturated heterocycles. The van der Waals surface area contributed by atoms with E-state index in [-0.39, 0.29) is 17.8 Å². The highest BCUT2D eigenvalue weighted by Gasteiger charge is 2.27. The molecule has 1 aromatic heterocycles. The minimum Gasteiger partial charge on any atom is -0.395 e. The number of nitrogens with one attached hydrogen (secondary N) is 1. The summed E-state index contributed by atoms with van der Waals surface area (Å²) < 4.78 is 4.75. The van der Waals surface area contributed by atoms with Gasteiger partial charge < -0.3 is 14.8 Å². The predicted octanol–water partition coefficient (Wildman–Crippen LogP) is 0.689. The molecule has 7 heteroatoms. The highest BCUT2D eigenvalue weighted by molar-refractivity contribution is 5.91. The molecule has 2 N–H and O–H groups in total. The molecule has 0 radical (unpaired) electrons. The summed E-state index contributed by atoms with van der Waals surface area (Å²) in [5.41, 5.74) is 0. The SMILES string of the molecule is O=C(NCC1CC(O)C1)c1ccc([N+](=O)[O-])o1. The largest absolute Gasteiger partial charge is 0.433 e. The van der Waals surface area contributed by atoms with E-state index in [1.807, 2.05) is 0 Å². The fourth-order valence-electron chi connectivity index (χ4n) is 1.74. The first-order chi connectivity index (χ1) is 8.06. The van der Waals surface area contributed by atoms with E-state index in [1.54, 1.807) is 0 Å². The quantitative estimate of drug-likeness (QED) is 0.594. The summed E-state index contributed by atoms with van der Waals surface area (Å²) in [5.74, 6) is -0.718. The standard InChI is InChI=1S/C10H12N2O5/c13-7-3-6(4-7)5-11-10(14)8-1-2-9(17-8)12(15)16/h1-2,6-7,13H,3-5H2,(H,11,14). The van der Waals surface area contributed by atoms with Crippen LogP contribution in [0.4, 0.5) is 5.88 Å². The molecular weight excluding hydrogens is 228 g/mol. The van der Waals surface area contributed by atoms with Crippen LogP contribution in [0, 0.1) is 16.0 Å². The second kappa shape index (κ2) is 4.54. The fraction of sp³-hybridized carbons (Fsp3) is 0.500. The Labute approximate surface area is 96.6 Å². The lowest BCUT2D eigenvalue weighted by Crippen LogP contribution is -2.38. The van der Waals surface area contributed by atoms with E-state index < -0.39 is 16.7 Å². The van der Waals surface area contributed by atoms with Crippen LogP contribution in [-0.4, -0.2) is 28.6 Å². The summed E-state index contributed by atoms with van der Waals surface area (Å²) >= 11 is 0. The van der Waals surface area contributed by atoms with Gasteiger partial charge in [0.1, 0.15) is 4.92 Å². The molecular formula is C10H12N2O5. The summed E-state index contributed by atoms with van der Waals surface area (Å²) in [5, 5.41) is 22.0. The van der Waals surface area contributed by atoms with Crippen LogP contribution in [0.25, 0.3) is 0 Å². The van der Waals surface area contributed by atoms with Crippen molar-refractivity contribution in [3.63, 3.8) is 0 Å². The third-order valence-electron chi connectivity index (χ3n) is 2.76. The van der Waals surface area contributed by atoms with Gasteiger partial charge in [-0.15, -0.1) is 0 Å². The molecule has 92 valence electrons. The third kappa shape index (κ3) is 2.62. The maximum absolute atomic E-state index is 11.5. The topological polar surface area (TPSA) is 106 Å². The molecule has 1 aliphatic rings. The molecule has 1 aromatic rings. The molecule has 0 aromatic carbocycles. The van der Waals surface area contributed by atoms with Gasteiger partial charge in [-0.2, -0.15) is 0 Å². The number of aliphatic hydroxyl groups excluding tert-OH is 1. The van der Waals surface area contributed by atoms with E-state index in [0.29, 0.717) is 19.4 Å². The smallest absolute Gasteiger partial charge is 0.395 e. The molecule has 17 heavy (non-hydrogen) atoms. The molecule has 0 aliphatic heterocycles. The molecule has 1 amide bonds. The molecule has 0 spiro atoms. The van der Waals surface area contributed by atoms with Crippen LogP contribution in [0.1, 0.15) is 23.4 Å². The van der Waals surface area contributed by atoms with Gasteiger partial charge in [0.15, 0.2) is 5.76 Å². The molecule has 1 aliphatic carbocycles. The molecule has 0 atom stereocenters. The lowest BCUT2D eigenvalue weighted by molar-refractivity contribution is -0.402. The van der Waals surface area contributed by atoms with E-state index in [1.165, 1.54) is 6.07 Å². The van der Waals surface area contributed by atoms with Gasteiger partial charge in [-0.05, 0) is 24.8 Å². The minimum atomic E-state index is -0.695. The average Bonchev–Trinajstić information content (AvgIpc) is 2.71. The van der Waals surface area contributed by atoms with Crippen LogP contribution in [0.5, 0.6) is 0 Å². The third-order valence-corrected chi connectivity index (χ3v) is 2.76. The average molecular weight is 240 g/mol. The lowest BCUT2D eigenvalue weighted by atomic mass is 9.82. The normalized spacial score (nSPS) is 22.9. The van der Waals surface area contributed by atoms with Gasteiger partial charge in [0.2, 0.25) is 0 Å². The molecule has 0 bridgehead atoms. The summed E-state index contributed by atoms with van der Waals surface area (Å²) in [6.07, 6.45) is 1.10. The van der Waals surface area contributed by atoms with Crippen molar-refractivity contribution >= 4 is 11.8 Å². The predicted molar refractivity (Wildman–Crippen MR) is 56.4 cm³/mol. The fourth-order valence-corrected chi connectivity index (χ4v) is 1.74. The number of nitro groups is 1. The highest BCUT2D eigenvalue weighted by Crippen LogP contribution is 2.26. The zero-order valence-corrected chi connectivity index (χ0v) is 8.96. The number of carbonyl (C=O) groups is 1. The molecule has 2 rings (SSSR count). The number of nitrogens with zero attached hydrogens (tertiary/aromatic N) is 1. The summed E-state index contributed by atoms with van der Waals surface area (Å²) in [6.45, 7) is 0.449. The van der Waals surface area contributed by atoms with E-state index in [9.17, 15) is 14.9 Å². The van der Waals surface area contributed by atoms with Gasteiger partial charge in [0, 0.05) is 6.54 Å². The van der Waals surface area contributed by atoms with E-state index in [4.69, 9.17) is 9.52 Å². The Hall–Kier alpha value is -1.89. The lowest BCUT2D eigenvalue weighted by Gasteiger charge is -2.31. The monoisotopic (exact) mass is 240 g/mol. The Bertz CT molecular complexity index is 436. The van der Waals surface area contributed by atoms with Gasteiger partial charge in [-0.25, -0.2) is 0 Å². The maximum atomic E-state index is 11.5.